The van der Waals surface area contributed by atoms with Crippen molar-refractivity contribution in [3.63, 3.8) is 0 Å². The molecule has 112 valence electrons. The Morgan fingerprint density at radius 1 is 1.62 bits per heavy atom. The molecule has 1 unspecified atom stereocenters. The number of carbonyl (C=O) groups is 1. The van der Waals surface area contributed by atoms with Crippen molar-refractivity contribution < 1.29 is 9.53 Å². The van der Waals surface area contributed by atoms with Crippen LogP contribution in [-0.4, -0.2) is 45.0 Å². The number of hydrogen-bond acceptors (Lipinski definition) is 4. The number of nitrogens with zero attached hydrogens (tertiary/aromatic N) is 3. The molecular weight excluding hydrogens is 288 g/mol. The molecule has 21 heavy (non-hydrogen) atoms. The first-order chi connectivity index (χ1) is 10.1. The number of thiocarbonyl (C=S) groups is 1. The first-order valence-electron chi connectivity index (χ1n) is 7.01. The van der Waals surface area contributed by atoms with E-state index >= 15 is 0 Å². The Bertz CT molecular complexity index is 616. The van der Waals surface area contributed by atoms with Crippen LogP contribution in [0.5, 0.6) is 0 Å². The SMILES string of the molecule is Cc1c(/C=C2/NC(=S)N(CC3CCCO3)C2=O)cnn1C. The Labute approximate surface area is 128 Å². The van der Waals surface area contributed by atoms with Crippen LogP contribution >= 0.6 is 12.2 Å². The molecule has 1 atom stereocenters. The summed E-state index contributed by atoms with van der Waals surface area (Å²) in [5.74, 6) is -0.0984. The minimum atomic E-state index is -0.0984. The fourth-order valence-electron chi connectivity index (χ4n) is 2.54. The molecule has 1 aromatic heterocycles. The molecule has 7 heteroatoms. The minimum Gasteiger partial charge on any atom is -0.376 e. The summed E-state index contributed by atoms with van der Waals surface area (Å²) in [6, 6.07) is 0. The maximum Gasteiger partial charge on any atom is 0.276 e. The zero-order valence-corrected chi connectivity index (χ0v) is 12.9. The van der Waals surface area contributed by atoms with Crippen LogP contribution in [-0.2, 0) is 16.6 Å². The second-order valence-electron chi connectivity index (χ2n) is 5.35. The van der Waals surface area contributed by atoms with Crippen molar-refractivity contribution in [1.29, 1.82) is 0 Å². The van der Waals surface area contributed by atoms with Gasteiger partial charge >= 0.3 is 0 Å². The Kier molecular flexibility index (Phi) is 3.77. The first-order valence-corrected chi connectivity index (χ1v) is 7.42. The third kappa shape index (κ3) is 2.71. The number of rotatable bonds is 3. The van der Waals surface area contributed by atoms with Crippen molar-refractivity contribution in [3.05, 3.63) is 23.2 Å². The number of hydrogen-bond donors (Lipinski definition) is 1. The maximum atomic E-state index is 12.5. The smallest absolute Gasteiger partial charge is 0.276 e. The largest absolute Gasteiger partial charge is 0.376 e. The van der Waals surface area contributed by atoms with Crippen molar-refractivity contribution in [3.8, 4) is 0 Å². The normalized spacial score (nSPS) is 24.2. The number of amides is 1. The maximum absolute atomic E-state index is 12.5. The lowest BCUT2D eigenvalue weighted by atomic mass is 10.2. The molecule has 2 aliphatic rings. The summed E-state index contributed by atoms with van der Waals surface area (Å²) in [7, 11) is 1.87. The zero-order valence-electron chi connectivity index (χ0n) is 12.1. The van der Waals surface area contributed by atoms with Gasteiger partial charge < -0.3 is 10.1 Å². The van der Waals surface area contributed by atoms with Crippen molar-refractivity contribution in [2.45, 2.75) is 25.9 Å². The van der Waals surface area contributed by atoms with Gasteiger partial charge in [-0.3, -0.25) is 14.4 Å². The number of carbonyl (C=O) groups excluding carboxylic acids is 1. The molecule has 0 radical (unpaired) electrons. The molecule has 2 fully saturated rings. The van der Waals surface area contributed by atoms with Gasteiger partial charge in [-0.1, -0.05) is 0 Å². The Morgan fingerprint density at radius 3 is 3.05 bits per heavy atom. The van der Waals surface area contributed by atoms with Crippen LogP contribution in [0, 0.1) is 6.92 Å². The Morgan fingerprint density at radius 2 is 2.43 bits per heavy atom. The van der Waals surface area contributed by atoms with Crippen LogP contribution in [0.25, 0.3) is 6.08 Å². The monoisotopic (exact) mass is 306 g/mol. The lowest BCUT2D eigenvalue weighted by molar-refractivity contribution is -0.123. The van der Waals surface area contributed by atoms with Gasteiger partial charge in [0, 0.05) is 24.9 Å². The van der Waals surface area contributed by atoms with Gasteiger partial charge in [-0.15, -0.1) is 0 Å². The first kappa shape index (κ1) is 14.2. The predicted octanol–water partition coefficient (Wildman–Crippen LogP) is 0.965. The molecule has 0 spiro atoms. The van der Waals surface area contributed by atoms with E-state index in [1.54, 1.807) is 21.9 Å². The van der Waals surface area contributed by atoms with Crippen LogP contribution in [0.3, 0.4) is 0 Å². The van der Waals surface area contributed by atoms with E-state index in [0.29, 0.717) is 17.4 Å². The minimum absolute atomic E-state index is 0.0909. The standard InChI is InChI=1S/C14H18N4O2S/c1-9-10(7-15-17(9)2)6-12-13(19)18(14(21)16-12)8-11-4-3-5-20-11/h6-7,11H,3-5,8H2,1-2H3,(H,16,21)/b12-6+. The molecule has 0 saturated carbocycles. The number of ether oxygens (including phenoxy) is 1. The average Bonchev–Trinajstić information content (AvgIpc) is 3.13. The summed E-state index contributed by atoms with van der Waals surface area (Å²) in [5.41, 5.74) is 2.41. The number of aryl methyl sites for hydroxylation is 1. The molecule has 1 aromatic rings. The zero-order chi connectivity index (χ0) is 15.0. The quantitative estimate of drug-likeness (QED) is 0.666. The molecule has 2 saturated heterocycles. The average molecular weight is 306 g/mol. The summed E-state index contributed by atoms with van der Waals surface area (Å²) in [6.45, 7) is 3.25. The summed E-state index contributed by atoms with van der Waals surface area (Å²) in [5, 5.41) is 7.61. The van der Waals surface area contributed by atoms with Gasteiger partial charge in [0.2, 0.25) is 0 Å². The van der Waals surface area contributed by atoms with E-state index in [-0.39, 0.29) is 12.0 Å². The highest BCUT2D eigenvalue weighted by molar-refractivity contribution is 7.80. The molecule has 3 heterocycles. The molecule has 0 aromatic carbocycles. The molecular formula is C14H18N4O2S. The van der Waals surface area contributed by atoms with Crippen LogP contribution in [0.4, 0.5) is 0 Å². The van der Waals surface area contributed by atoms with Crippen LogP contribution < -0.4 is 5.32 Å². The lowest BCUT2D eigenvalue weighted by Crippen LogP contribution is -2.37. The molecule has 1 N–H and O–H groups in total. The molecule has 0 aliphatic carbocycles. The second-order valence-corrected chi connectivity index (χ2v) is 5.73. The van der Waals surface area contributed by atoms with Gasteiger partial charge in [-0.05, 0) is 38.1 Å². The van der Waals surface area contributed by atoms with Crippen molar-refractivity contribution >= 4 is 29.3 Å². The highest BCUT2D eigenvalue weighted by atomic mass is 32.1. The fraction of sp³-hybridized carbons (Fsp3) is 0.500. The van der Waals surface area contributed by atoms with Gasteiger partial charge in [0.05, 0.1) is 18.8 Å². The summed E-state index contributed by atoms with van der Waals surface area (Å²) in [6.07, 6.45) is 5.65. The van der Waals surface area contributed by atoms with Crippen molar-refractivity contribution in [2.24, 2.45) is 7.05 Å². The van der Waals surface area contributed by atoms with Crippen molar-refractivity contribution in [2.75, 3.05) is 13.2 Å². The number of aromatic nitrogens is 2. The third-order valence-corrected chi connectivity index (χ3v) is 4.27. The topological polar surface area (TPSA) is 59.4 Å². The van der Waals surface area contributed by atoms with Crippen LogP contribution in [0.1, 0.15) is 24.1 Å². The third-order valence-electron chi connectivity index (χ3n) is 3.95. The Balaban J connectivity index is 1.77. The van der Waals surface area contributed by atoms with E-state index in [9.17, 15) is 4.79 Å². The molecule has 2 aliphatic heterocycles. The second kappa shape index (κ2) is 5.57. The summed E-state index contributed by atoms with van der Waals surface area (Å²) < 4.78 is 7.35. The summed E-state index contributed by atoms with van der Waals surface area (Å²) in [4.78, 5) is 14.0. The molecule has 6 nitrogen and oxygen atoms in total. The van der Waals surface area contributed by atoms with Crippen LogP contribution in [0.2, 0.25) is 0 Å². The Hall–Kier alpha value is -1.73. The van der Waals surface area contributed by atoms with Gasteiger partial charge in [-0.2, -0.15) is 5.10 Å². The molecule has 3 rings (SSSR count). The van der Waals surface area contributed by atoms with E-state index in [1.165, 1.54) is 0 Å². The highest BCUT2D eigenvalue weighted by Crippen LogP contribution is 2.19. The van der Waals surface area contributed by atoms with E-state index in [2.05, 4.69) is 10.4 Å². The predicted molar refractivity (Wildman–Crippen MR) is 82.3 cm³/mol. The van der Waals surface area contributed by atoms with E-state index < -0.39 is 0 Å². The summed E-state index contributed by atoms with van der Waals surface area (Å²) >= 11 is 5.26. The van der Waals surface area contributed by atoms with Gasteiger partial charge in [0.1, 0.15) is 5.70 Å². The highest BCUT2D eigenvalue weighted by Gasteiger charge is 2.33. The van der Waals surface area contributed by atoms with Crippen LogP contribution in [0.15, 0.2) is 11.9 Å². The fourth-order valence-corrected chi connectivity index (χ4v) is 2.81. The molecule has 0 bridgehead atoms. The van der Waals surface area contributed by atoms with Gasteiger partial charge in [0.15, 0.2) is 5.11 Å². The van der Waals surface area contributed by atoms with E-state index in [0.717, 1.165) is 30.7 Å². The van der Waals surface area contributed by atoms with Gasteiger partial charge in [-0.25, -0.2) is 0 Å². The van der Waals surface area contributed by atoms with E-state index in [4.69, 9.17) is 17.0 Å². The lowest BCUT2D eigenvalue weighted by Gasteiger charge is -2.18. The van der Waals surface area contributed by atoms with Gasteiger partial charge in [0.25, 0.3) is 5.91 Å². The number of nitrogens with one attached hydrogen (secondary N) is 1. The molecule has 1 amide bonds. The van der Waals surface area contributed by atoms with Crippen molar-refractivity contribution in [1.82, 2.24) is 20.0 Å². The van der Waals surface area contributed by atoms with E-state index in [1.807, 2.05) is 14.0 Å².